The molecular formula is C24H33NO3. The van der Waals surface area contributed by atoms with Crippen molar-refractivity contribution in [1.82, 2.24) is 5.32 Å². The molecule has 0 aromatic heterocycles. The predicted molar refractivity (Wildman–Crippen MR) is 114 cm³/mol. The third kappa shape index (κ3) is 7.10. The van der Waals surface area contributed by atoms with Gasteiger partial charge in [0.1, 0.15) is 6.29 Å². The number of aldehydes is 1. The Bertz CT molecular complexity index is 688. The van der Waals surface area contributed by atoms with Crippen LogP contribution in [-0.4, -0.2) is 23.0 Å². The van der Waals surface area contributed by atoms with Crippen LogP contribution in [0.5, 0.6) is 0 Å². The molecule has 152 valence electrons. The first-order chi connectivity index (χ1) is 13.5. The molecule has 0 spiro atoms. The van der Waals surface area contributed by atoms with Gasteiger partial charge >= 0.3 is 0 Å². The van der Waals surface area contributed by atoms with Crippen molar-refractivity contribution in [3.63, 3.8) is 0 Å². The Morgan fingerprint density at radius 2 is 1.93 bits per heavy atom. The van der Waals surface area contributed by atoms with E-state index >= 15 is 0 Å². The van der Waals surface area contributed by atoms with Crippen molar-refractivity contribution in [3.8, 4) is 0 Å². The number of rotatable bonds is 6. The van der Waals surface area contributed by atoms with E-state index in [0.717, 1.165) is 49.7 Å². The van der Waals surface area contributed by atoms with Crippen molar-refractivity contribution < 1.29 is 15.0 Å². The summed E-state index contributed by atoms with van der Waals surface area (Å²) in [5.74, 6) is 1.12. The number of aliphatic hydroxyl groups excluding tert-OH is 1. The molecule has 28 heavy (non-hydrogen) atoms. The van der Waals surface area contributed by atoms with E-state index in [1.54, 1.807) is 12.1 Å². The molecule has 4 nitrogen and oxygen atoms in total. The van der Waals surface area contributed by atoms with Crippen molar-refractivity contribution in [2.45, 2.75) is 45.8 Å². The fourth-order valence-electron chi connectivity index (χ4n) is 3.48. The van der Waals surface area contributed by atoms with E-state index in [2.05, 4.69) is 30.5 Å². The Labute approximate surface area is 168 Å². The third-order valence-electron chi connectivity index (χ3n) is 5.59. The topological polar surface area (TPSA) is 69.6 Å². The lowest BCUT2D eigenvalue weighted by Crippen LogP contribution is -2.18. The standard InChI is InChI=1S/C24H33NO3/c1-18(19(2)17-26)16-20-6-3-4-7-21(8-5-14-25-15-13-20)22-9-11-23(12-10-22)24(27)28/h4-5,7-12,14,17-20,24-25,27-28H,3,6,13,15-16H2,1-2H3/b7-4-,14-5+,21-8+. The van der Waals surface area contributed by atoms with Crippen LogP contribution >= 0.6 is 0 Å². The predicted octanol–water partition coefficient (Wildman–Crippen LogP) is 4.37. The second kappa shape index (κ2) is 11.6. The number of hydrogen-bond acceptors (Lipinski definition) is 4. The van der Waals surface area contributed by atoms with E-state index in [-0.39, 0.29) is 5.92 Å². The number of hydrogen-bond donors (Lipinski definition) is 3. The highest BCUT2D eigenvalue weighted by Gasteiger charge is 2.17. The number of allylic oxidation sites excluding steroid dienone is 5. The second-order valence-corrected chi connectivity index (χ2v) is 7.77. The van der Waals surface area contributed by atoms with Crippen molar-refractivity contribution in [1.29, 1.82) is 0 Å². The van der Waals surface area contributed by atoms with Crippen LogP contribution in [0.15, 0.2) is 54.8 Å². The van der Waals surface area contributed by atoms with Gasteiger partial charge < -0.3 is 20.3 Å². The Morgan fingerprint density at radius 3 is 2.61 bits per heavy atom. The van der Waals surface area contributed by atoms with E-state index < -0.39 is 6.29 Å². The monoisotopic (exact) mass is 383 g/mol. The maximum Gasteiger partial charge on any atom is 0.178 e. The number of benzene rings is 1. The minimum Gasteiger partial charge on any atom is -0.391 e. The number of carbonyl (C=O) groups is 1. The van der Waals surface area contributed by atoms with Gasteiger partial charge in [0, 0.05) is 18.0 Å². The van der Waals surface area contributed by atoms with Gasteiger partial charge in [0.05, 0.1) is 0 Å². The Morgan fingerprint density at radius 1 is 1.18 bits per heavy atom. The van der Waals surface area contributed by atoms with Gasteiger partial charge in [-0.15, -0.1) is 0 Å². The largest absolute Gasteiger partial charge is 0.391 e. The summed E-state index contributed by atoms with van der Waals surface area (Å²) in [6.45, 7) is 5.11. The highest BCUT2D eigenvalue weighted by atomic mass is 16.5. The summed E-state index contributed by atoms with van der Waals surface area (Å²) >= 11 is 0. The maximum absolute atomic E-state index is 11.1. The lowest BCUT2D eigenvalue weighted by molar-refractivity contribution is -0.112. The van der Waals surface area contributed by atoms with Gasteiger partial charge in [-0.3, -0.25) is 0 Å². The third-order valence-corrected chi connectivity index (χ3v) is 5.59. The highest BCUT2D eigenvalue weighted by molar-refractivity contribution is 5.75. The normalized spacial score (nSPS) is 24.6. The molecule has 1 aliphatic heterocycles. The van der Waals surface area contributed by atoms with E-state index in [0.29, 0.717) is 17.4 Å². The fraction of sp³-hybridized carbons (Fsp3) is 0.458. The molecule has 3 atom stereocenters. The number of aliphatic hydroxyl groups is 2. The zero-order valence-corrected chi connectivity index (χ0v) is 16.9. The van der Waals surface area contributed by atoms with E-state index in [1.165, 1.54) is 0 Å². The molecule has 0 aliphatic carbocycles. The molecule has 3 N–H and O–H groups in total. The first kappa shape index (κ1) is 22.1. The molecule has 2 rings (SSSR count). The lowest BCUT2D eigenvalue weighted by Gasteiger charge is -2.22. The second-order valence-electron chi connectivity index (χ2n) is 7.77. The van der Waals surface area contributed by atoms with E-state index in [4.69, 9.17) is 0 Å². The molecule has 0 bridgehead atoms. The molecule has 1 aromatic carbocycles. The zero-order valence-electron chi connectivity index (χ0n) is 16.9. The van der Waals surface area contributed by atoms with Gasteiger partial charge in [0.2, 0.25) is 0 Å². The SMILES string of the molecule is CC(C=O)C(C)CC1CC\C=C/C(c2ccc(C(O)O)cc2)=C\C=C\NCC1. The molecular weight excluding hydrogens is 350 g/mol. The van der Waals surface area contributed by atoms with Crippen LogP contribution in [0.25, 0.3) is 5.57 Å². The summed E-state index contributed by atoms with van der Waals surface area (Å²) in [5.41, 5.74) is 2.60. The lowest BCUT2D eigenvalue weighted by atomic mass is 9.84. The van der Waals surface area contributed by atoms with E-state index in [9.17, 15) is 15.0 Å². The van der Waals surface area contributed by atoms with Crippen molar-refractivity contribution in [2.75, 3.05) is 6.54 Å². The van der Waals surface area contributed by atoms with Crippen molar-refractivity contribution >= 4 is 11.9 Å². The molecule has 1 aliphatic rings. The van der Waals surface area contributed by atoms with Gasteiger partial charge in [0.15, 0.2) is 6.29 Å². The van der Waals surface area contributed by atoms with Gasteiger partial charge in [-0.2, -0.15) is 0 Å². The Kier molecular flexibility index (Phi) is 9.18. The number of carbonyl (C=O) groups excluding carboxylic acids is 1. The summed E-state index contributed by atoms with van der Waals surface area (Å²) in [5, 5.41) is 21.9. The van der Waals surface area contributed by atoms with Crippen LogP contribution in [0.1, 0.15) is 56.9 Å². The van der Waals surface area contributed by atoms with Gasteiger partial charge in [0.25, 0.3) is 0 Å². The quantitative estimate of drug-likeness (QED) is 0.504. The fourth-order valence-corrected chi connectivity index (χ4v) is 3.48. The summed E-state index contributed by atoms with van der Waals surface area (Å²) in [6, 6.07) is 7.28. The Balaban J connectivity index is 2.07. The molecule has 3 unspecified atom stereocenters. The smallest absolute Gasteiger partial charge is 0.178 e. The minimum absolute atomic E-state index is 0.111. The molecule has 0 saturated heterocycles. The Hall–Kier alpha value is -2.17. The molecule has 0 saturated carbocycles. The molecule has 0 amide bonds. The summed E-state index contributed by atoms with van der Waals surface area (Å²) in [7, 11) is 0. The van der Waals surface area contributed by atoms with Crippen LogP contribution < -0.4 is 5.32 Å². The molecule has 0 fully saturated rings. The summed E-state index contributed by atoms with van der Waals surface area (Å²) in [4.78, 5) is 11.1. The van der Waals surface area contributed by atoms with Crippen LogP contribution in [0.3, 0.4) is 0 Å². The first-order valence-corrected chi connectivity index (χ1v) is 10.2. The average molecular weight is 384 g/mol. The van der Waals surface area contributed by atoms with Crippen molar-refractivity contribution in [3.05, 3.63) is 65.9 Å². The van der Waals surface area contributed by atoms with Crippen LogP contribution in [0, 0.1) is 17.8 Å². The molecule has 4 heteroatoms. The minimum atomic E-state index is -1.44. The highest BCUT2D eigenvalue weighted by Crippen LogP contribution is 2.26. The number of nitrogens with one attached hydrogen (secondary N) is 1. The maximum atomic E-state index is 11.1. The molecule has 1 aromatic rings. The first-order valence-electron chi connectivity index (χ1n) is 10.2. The van der Waals surface area contributed by atoms with Crippen LogP contribution in [0.2, 0.25) is 0 Å². The average Bonchev–Trinajstić information content (AvgIpc) is 2.69. The molecule has 1 heterocycles. The van der Waals surface area contributed by atoms with Crippen molar-refractivity contribution in [2.24, 2.45) is 17.8 Å². The van der Waals surface area contributed by atoms with Gasteiger partial charge in [-0.05, 0) is 60.9 Å². The van der Waals surface area contributed by atoms with E-state index in [1.807, 2.05) is 31.3 Å². The summed E-state index contributed by atoms with van der Waals surface area (Å²) < 4.78 is 0. The van der Waals surface area contributed by atoms with Crippen LogP contribution in [-0.2, 0) is 4.79 Å². The van der Waals surface area contributed by atoms with Gasteiger partial charge in [-0.25, -0.2) is 0 Å². The molecule has 0 radical (unpaired) electrons. The van der Waals surface area contributed by atoms with Crippen LogP contribution in [0.4, 0.5) is 0 Å². The zero-order chi connectivity index (χ0) is 20.4. The summed E-state index contributed by atoms with van der Waals surface area (Å²) in [6.07, 6.45) is 14.3. The van der Waals surface area contributed by atoms with Gasteiger partial charge in [-0.1, -0.05) is 56.3 Å².